The van der Waals surface area contributed by atoms with Crippen LogP contribution in [0.2, 0.25) is 0 Å². The van der Waals surface area contributed by atoms with Crippen LogP contribution in [0.5, 0.6) is 0 Å². The standard InChI is InChI=1S/C25H25F3N4O3/c1-16(2)30-11-13-31(14-12-30)24(33)20-15-21(17-7-9-18(10-8-17)25(26,27)28)29-23(20)19-5-3-4-6-22(19)32(34)35/h3-10,15-16,29H,11-14H2,1-2H3. The molecule has 184 valence electrons. The molecule has 0 atom stereocenters. The van der Waals surface area contributed by atoms with Crippen molar-refractivity contribution in [3.8, 4) is 22.5 Å². The molecule has 0 aliphatic carbocycles. The number of H-pyrrole nitrogens is 1. The van der Waals surface area contributed by atoms with Gasteiger partial charge in [-0.1, -0.05) is 24.3 Å². The molecule has 4 rings (SSSR count). The monoisotopic (exact) mass is 486 g/mol. The molecule has 2 aromatic carbocycles. The van der Waals surface area contributed by atoms with Crippen LogP contribution in [0.1, 0.15) is 29.8 Å². The molecular weight excluding hydrogens is 461 g/mol. The molecule has 10 heteroatoms. The van der Waals surface area contributed by atoms with Crippen LogP contribution < -0.4 is 0 Å². The van der Waals surface area contributed by atoms with E-state index in [0.29, 0.717) is 43.5 Å². The van der Waals surface area contributed by atoms with Crippen molar-refractivity contribution in [1.29, 1.82) is 0 Å². The molecular formula is C25H25F3N4O3. The predicted molar refractivity (Wildman–Crippen MR) is 126 cm³/mol. The van der Waals surface area contributed by atoms with Crippen LogP contribution in [0, 0.1) is 10.1 Å². The van der Waals surface area contributed by atoms with Crippen molar-refractivity contribution in [2.75, 3.05) is 26.2 Å². The number of carbonyl (C=O) groups excluding carboxylic acids is 1. The second-order valence-corrected chi connectivity index (χ2v) is 8.74. The number of alkyl halides is 3. The summed E-state index contributed by atoms with van der Waals surface area (Å²) in [5, 5.41) is 11.7. The minimum atomic E-state index is -4.47. The van der Waals surface area contributed by atoms with E-state index in [4.69, 9.17) is 0 Å². The summed E-state index contributed by atoms with van der Waals surface area (Å²) in [5.41, 5.74) is 0.617. The van der Waals surface area contributed by atoms with Crippen molar-refractivity contribution >= 4 is 11.6 Å². The van der Waals surface area contributed by atoms with Gasteiger partial charge in [0.15, 0.2) is 0 Å². The van der Waals surface area contributed by atoms with E-state index in [2.05, 4.69) is 23.7 Å². The third kappa shape index (κ3) is 5.07. The molecule has 0 radical (unpaired) electrons. The number of nitro groups is 1. The molecule has 1 N–H and O–H groups in total. The molecule has 1 amide bonds. The molecule has 1 saturated heterocycles. The summed E-state index contributed by atoms with van der Waals surface area (Å²) in [4.78, 5) is 31.7. The van der Waals surface area contributed by atoms with Crippen LogP contribution in [0.15, 0.2) is 54.6 Å². The number of aromatic amines is 1. The Morgan fingerprint density at radius 2 is 1.66 bits per heavy atom. The Balaban J connectivity index is 1.76. The average Bonchev–Trinajstić information content (AvgIpc) is 3.28. The summed E-state index contributed by atoms with van der Waals surface area (Å²) in [6, 6.07) is 12.5. The Bertz CT molecular complexity index is 1230. The van der Waals surface area contributed by atoms with Crippen molar-refractivity contribution < 1.29 is 22.9 Å². The van der Waals surface area contributed by atoms with Crippen LogP contribution in [0.4, 0.5) is 18.9 Å². The van der Waals surface area contributed by atoms with Gasteiger partial charge >= 0.3 is 6.18 Å². The lowest BCUT2D eigenvalue weighted by Crippen LogP contribution is -2.50. The lowest BCUT2D eigenvalue weighted by atomic mass is 10.0. The maximum absolute atomic E-state index is 13.6. The highest BCUT2D eigenvalue weighted by Gasteiger charge is 2.31. The summed E-state index contributed by atoms with van der Waals surface area (Å²) in [5.74, 6) is -0.282. The van der Waals surface area contributed by atoms with Crippen LogP contribution >= 0.6 is 0 Å². The van der Waals surface area contributed by atoms with E-state index in [1.165, 1.54) is 24.3 Å². The number of benzene rings is 2. The number of hydrogen-bond donors (Lipinski definition) is 1. The Hall–Kier alpha value is -3.66. The van der Waals surface area contributed by atoms with E-state index in [9.17, 15) is 28.1 Å². The molecule has 2 heterocycles. The van der Waals surface area contributed by atoms with Crippen molar-refractivity contribution in [3.05, 3.63) is 75.8 Å². The number of piperazine rings is 1. The normalized spacial score (nSPS) is 15.0. The summed E-state index contributed by atoms with van der Waals surface area (Å²) in [6.07, 6.45) is -4.47. The number of nitrogens with one attached hydrogen (secondary N) is 1. The van der Waals surface area contributed by atoms with Gasteiger partial charge in [0.2, 0.25) is 0 Å². The van der Waals surface area contributed by atoms with E-state index in [-0.39, 0.29) is 28.4 Å². The molecule has 1 aliphatic rings. The largest absolute Gasteiger partial charge is 0.416 e. The van der Waals surface area contributed by atoms with Gasteiger partial charge in [-0.3, -0.25) is 19.8 Å². The van der Waals surface area contributed by atoms with E-state index in [1.807, 2.05) is 0 Å². The summed E-state index contributed by atoms with van der Waals surface area (Å²) < 4.78 is 39.0. The quantitative estimate of drug-likeness (QED) is 0.385. The summed E-state index contributed by atoms with van der Waals surface area (Å²) in [6.45, 7) is 6.61. The van der Waals surface area contributed by atoms with Crippen LogP contribution in [0.3, 0.4) is 0 Å². The molecule has 1 aliphatic heterocycles. The van der Waals surface area contributed by atoms with Crippen LogP contribution in [0.25, 0.3) is 22.5 Å². The van der Waals surface area contributed by atoms with Gasteiger partial charge in [0.25, 0.3) is 11.6 Å². The second kappa shape index (κ2) is 9.53. The highest BCUT2D eigenvalue weighted by atomic mass is 19.4. The SMILES string of the molecule is CC(C)N1CCN(C(=O)c2cc(-c3ccc(C(F)(F)F)cc3)[nH]c2-c2ccccc2[N+](=O)[O-])CC1. The van der Waals surface area contributed by atoms with Crippen molar-refractivity contribution in [2.24, 2.45) is 0 Å². The molecule has 7 nitrogen and oxygen atoms in total. The van der Waals surface area contributed by atoms with Gasteiger partial charge in [0.1, 0.15) is 0 Å². The van der Waals surface area contributed by atoms with Crippen LogP contribution in [-0.2, 0) is 6.18 Å². The van der Waals surface area contributed by atoms with E-state index in [0.717, 1.165) is 12.1 Å². The maximum Gasteiger partial charge on any atom is 0.416 e. The average molecular weight is 486 g/mol. The van der Waals surface area contributed by atoms with Crippen LogP contribution in [-0.4, -0.2) is 57.8 Å². The number of amides is 1. The van der Waals surface area contributed by atoms with Gasteiger partial charge in [-0.25, -0.2) is 0 Å². The van der Waals surface area contributed by atoms with Crippen molar-refractivity contribution in [3.63, 3.8) is 0 Å². The lowest BCUT2D eigenvalue weighted by molar-refractivity contribution is -0.384. The number of aromatic nitrogens is 1. The first-order chi connectivity index (χ1) is 16.6. The van der Waals surface area contributed by atoms with E-state index >= 15 is 0 Å². The van der Waals surface area contributed by atoms with Gasteiger partial charge in [0.05, 0.1) is 27.3 Å². The fourth-order valence-electron chi connectivity index (χ4n) is 4.29. The number of halogens is 3. The summed E-state index contributed by atoms with van der Waals surface area (Å²) in [7, 11) is 0. The molecule has 3 aromatic rings. The number of rotatable bonds is 5. The van der Waals surface area contributed by atoms with Crippen molar-refractivity contribution in [1.82, 2.24) is 14.8 Å². The topological polar surface area (TPSA) is 82.5 Å². The maximum atomic E-state index is 13.6. The first kappa shape index (κ1) is 24.5. The lowest BCUT2D eigenvalue weighted by Gasteiger charge is -2.37. The summed E-state index contributed by atoms with van der Waals surface area (Å²) >= 11 is 0. The number of nitrogens with zero attached hydrogens (tertiary/aromatic N) is 3. The fraction of sp³-hybridized carbons (Fsp3) is 0.320. The third-order valence-corrected chi connectivity index (χ3v) is 6.27. The van der Waals surface area contributed by atoms with Gasteiger partial charge in [-0.2, -0.15) is 13.2 Å². The molecule has 1 fully saturated rings. The number of para-hydroxylation sites is 1. The molecule has 0 bridgehead atoms. The highest BCUT2D eigenvalue weighted by Crippen LogP contribution is 2.36. The Morgan fingerprint density at radius 1 is 1.03 bits per heavy atom. The molecule has 1 aromatic heterocycles. The number of carbonyl (C=O) groups is 1. The number of nitro benzene ring substituents is 1. The zero-order chi connectivity index (χ0) is 25.3. The first-order valence-corrected chi connectivity index (χ1v) is 11.2. The molecule has 0 saturated carbocycles. The number of hydrogen-bond acceptors (Lipinski definition) is 4. The Labute approximate surface area is 200 Å². The van der Waals surface area contributed by atoms with Gasteiger partial charge < -0.3 is 9.88 Å². The Morgan fingerprint density at radius 3 is 2.23 bits per heavy atom. The van der Waals surface area contributed by atoms with Gasteiger partial charge in [-0.15, -0.1) is 0 Å². The molecule has 0 unspecified atom stereocenters. The predicted octanol–water partition coefficient (Wildman–Crippen LogP) is 5.44. The van der Waals surface area contributed by atoms with E-state index < -0.39 is 16.7 Å². The molecule has 0 spiro atoms. The third-order valence-electron chi connectivity index (χ3n) is 6.27. The zero-order valence-corrected chi connectivity index (χ0v) is 19.3. The zero-order valence-electron chi connectivity index (χ0n) is 19.3. The minimum absolute atomic E-state index is 0.174. The first-order valence-electron chi connectivity index (χ1n) is 11.2. The highest BCUT2D eigenvalue weighted by molar-refractivity contribution is 6.02. The van der Waals surface area contributed by atoms with Gasteiger partial charge in [0, 0.05) is 44.0 Å². The second-order valence-electron chi connectivity index (χ2n) is 8.74. The van der Waals surface area contributed by atoms with Crippen molar-refractivity contribution in [2.45, 2.75) is 26.1 Å². The fourth-order valence-corrected chi connectivity index (χ4v) is 4.29. The molecule has 35 heavy (non-hydrogen) atoms. The smallest absolute Gasteiger partial charge is 0.354 e. The Kier molecular flexibility index (Phi) is 6.66. The van der Waals surface area contributed by atoms with Gasteiger partial charge in [-0.05, 0) is 43.7 Å². The van der Waals surface area contributed by atoms with E-state index in [1.54, 1.807) is 23.1 Å². The minimum Gasteiger partial charge on any atom is -0.354 e.